The molecule has 5 rings (SSSR count). The maximum Gasteiger partial charge on any atom is 3.00 e. The van der Waals surface area contributed by atoms with Crippen LogP contribution < -0.4 is 0 Å². The van der Waals surface area contributed by atoms with Gasteiger partial charge in [0, 0.05) is 12.4 Å². The van der Waals surface area contributed by atoms with Crippen LogP contribution in [0.25, 0.3) is 0 Å². The Kier molecular flexibility index (Phi) is 26.5. The number of allylic oxidation sites excluding steroid dienone is 8. The van der Waals surface area contributed by atoms with Crippen molar-refractivity contribution in [2.24, 2.45) is 0 Å². The van der Waals surface area contributed by atoms with E-state index in [0.717, 1.165) is 0 Å². The summed E-state index contributed by atoms with van der Waals surface area (Å²) in [6.07, 6.45) is -14.8. The van der Waals surface area contributed by atoms with E-state index in [2.05, 4.69) is 4.98 Å². The first kappa shape index (κ1) is 60.6. The molecule has 0 bridgehead atoms. The van der Waals surface area contributed by atoms with Crippen LogP contribution in [-0.2, 0) is 0 Å². The molecular weight excluding hydrogens is 1060 g/mol. The van der Waals surface area contributed by atoms with Crippen LogP contribution in [0.2, 0.25) is 0 Å². The number of carbonyl (C=O) groups excluding carboxylic acids is 4. The molecule has 354 valence electrons. The van der Waals surface area contributed by atoms with E-state index in [1.807, 2.05) is 18.2 Å². The fourth-order valence-corrected chi connectivity index (χ4v) is 3.93. The summed E-state index contributed by atoms with van der Waals surface area (Å²) in [5, 5.41) is 34.3. The van der Waals surface area contributed by atoms with Crippen molar-refractivity contribution in [1.82, 2.24) is 4.98 Å². The van der Waals surface area contributed by atoms with Crippen LogP contribution in [0.4, 0.5) is 52.7 Å². The molecule has 8 N–H and O–H groups in total. The average molecular weight is 1100 g/mol. The second kappa shape index (κ2) is 29.3. The van der Waals surface area contributed by atoms with E-state index in [4.69, 9.17) is 20.4 Å². The minimum atomic E-state index is -4.84. The molecule has 0 spiro atoms. The Labute approximate surface area is 413 Å². The van der Waals surface area contributed by atoms with E-state index in [0.29, 0.717) is 0 Å². The first-order valence-corrected chi connectivity index (χ1v) is 17.9. The van der Waals surface area contributed by atoms with Crippen molar-refractivity contribution in [3.05, 3.63) is 222 Å². The molecule has 22 heteroatoms. The summed E-state index contributed by atoms with van der Waals surface area (Å²) in [4.78, 5) is 40.7. The number of hydrogen-bond donors (Lipinski definition) is 4. The van der Waals surface area contributed by atoms with E-state index in [1.54, 1.807) is 85.2 Å². The van der Waals surface area contributed by atoms with Gasteiger partial charge in [0.1, 0.15) is 0 Å². The number of hydrogen-bond acceptors (Lipinski definition) is 5. The second-order valence-corrected chi connectivity index (χ2v) is 12.1. The third kappa shape index (κ3) is 25.8. The molecular formula is C45H37EuF12NO8+7. The van der Waals surface area contributed by atoms with Crippen molar-refractivity contribution >= 4 is 23.1 Å². The Morgan fingerprint density at radius 3 is 0.612 bits per heavy atom. The van der Waals surface area contributed by atoms with Gasteiger partial charge in [0.2, 0.25) is 23.0 Å². The summed E-state index contributed by atoms with van der Waals surface area (Å²) in [5.41, 5.74) is 0.809. The zero-order chi connectivity index (χ0) is 50.1. The normalized spacial score (nSPS) is 12.0. The summed E-state index contributed by atoms with van der Waals surface area (Å²) in [7, 11) is 0. The molecule has 0 atom stereocenters. The third-order valence-electron chi connectivity index (χ3n) is 7.10. The molecule has 1 aromatic heterocycles. The maximum atomic E-state index is 11.9. The molecule has 1 heterocycles. The summed E-state index contributed by atoms with van der Waals surface area (Å²) in [5.74, 6) is -9.85. The molecule has 0 amide bonds. The molecule has 0 saturated carbocycles. The standard InChI is InChI=1S/4C10H7F3O2.C5H5N.Eu/c4*11-10(12,13)9(15)6-8(14)7-4-2-1-3-5-7;1-2-4-6-5-3-1;/h4*1-6,15H;1-5H;/q;;;;;+3/p+4/b4*9-6-;;. The van der Waals surface area contributed by atoms with Gasteiger partial charge in [-0.15, -0.1) is 0 Å². The van der Waals surface area contributed by atoms with Gasteiger partial charge < -0.3 is 20.4 Å². The third-order valence-corrected chi connectivity index (χ3v) is 7.10. The van der Waals surface area contributed by atoms with Gasteiger partial charge in [-0.2, -0.15) is 52.7 Å². The summed E-state index contributed by atoms with van der Waals surface area (Å²) in [6.45, 7) is 0. The van der Waals surface area contributed by atoms with Gasteiger partial charge in [0.25, 0.3) is 0 Å². The second-order valence-electron chi connectivity index (χ2n) is 12.1. The van der Waals surface area contributed by atoms with Gasteiger partial charge in [-0.05, 0) is 60.7 Å². The van der Waals surface area contributed by atoms with Crippen LogP contribution in [0.15, 0.2) is 199 Å². The Bertz CT molecular complexity index is 2070. The smallest absolute Gasteiger partial charge is 0.504 e. The minimum absolute atomic E-state index is 0. The Hall–Kier alpha value is -6.39. The van der Waals surface area contributed by atoms with Gasteiger partial charge in [-0.25, -0.2) is 0 Å². The average Bonchev–Trinajstić information content (AvgIpc) is 3.27. The van der Waals surface area contributed by atoms with Crippen LogP contribution in [0, 0.1) is 49.4 Å². The first-order valence-electron chi connectivity index (χ1n) is 17.9. The van der Waals surface area contributed by atoms with Crippen LogP contribution in [0.5, 0.6) is 0 Å². The predicted octanol–water partition coefficient (Wildman–Crippen LogP) is 11.4. The molecule has 5 aromatic rings. The van der Waals surface area contributed by atoms with Gasteiger partial charge in [-0.3, -0.25) is 24.2 Å². The van der Waals surface area contributed by atoms with Gasteiger partial charge in [0.05, 0.1) is 46.6 Å². The molecule has 4 aromatic carbocycles. The number of rotatable bonds is 8. The van der Waals surface area contributed by atoms with Gasteiger partial charge in [0.15, 0.2) is 0 Å². The fraction of sp³-hybridized carbons (Fsp3) is 0.0889. The van der Waals surface area contributed by atoms with E-state index in [1.165, 1.54) is 48.5 Å². The minimum Gasteiger partial charge on any atom is -0.504 e. The van der Waals surface area contributed by atoms with Crippen molar-refractivity contribution in [2.75, 3.05) is 0 Å². The largest absolute Gasteiger partial charge is 3.00 e. The Morgan fingerprint density at radius 1 is 0.328 bits per heavy atom. The van der Waals surface area contributed by atoms with E-state index in [9.17, 15) is 71.9 Å². The number of aliphatic hydroxyl groups excluding tert-OH is 4. The summed E-state index contributed by atoms with van der Waals surface area (Å²) in [6, 6.07) is 36.2. The predicted molar refractivity (Wildman–Crippen MR) is 221 cm³/mol. The Balaban J connectivity index is 0.000000826. The molecule has 0 radical (unpaired) electrons. The molecule has 67 heavy (non-hydrogen) atoms. The Morgan fingerprint density at radius 2 is 0.493 bits per heavy atom. The van der Waals surface area contributed by atoms with Crippen molar-refractivity contribution in [1.29, 1.82) is 0 Å². The van der Waals surface area contributed by atoms with Gasteiger partial charge >= 0.3 is 97.2 Å². The van der Waals surface area contributed by atoms with Crippen molar-refractivity contribution in [3.8, 4) is 0 Å². The van der Waals surface area contributed by atoms with Crippen LogP contribution in [0.3, 0.4) is 0 Å². The SMILES string of the molecule is O/C(=C\C(=[OH+])c1ccccc1)C(F)(F)F.O/C(=C\C(=[OH+])c1ccccc1)C(F)(F)F.O/C(=C\C(=[OH+])c1ccccc1)C(F)(F)F.O/C(=C\C(=[OH+])c1ccccc1)C(F)(F)F.[Eu+3].c1ccncc1. The van der Waals surface area contributed by atoms with Crippen molar-refractivity contribution < 1.29 is 142 Å². The number of benzene rings is 4. The molecule has 0 aliphatic carbocycles. The number of ketones is 4. The molecule has 9 nitrogen and oxygen atoms in total. The van der Waals surface area contributed by atoms with Crippen LogP contribution >= 0.6 is 0 Å². The summed E-state index contributed by atoms with van der Waals surface area (Å²) < 4.78 is 143. The van der Waals surface area contributed by atoms with Crippen LogP contribution in [-0.4, -0.2) is 92.4 Å². The zero-order valence-electron chi connectivity index (χ0n) is 33.7. The quantitative estimate of drug-likeness (QED) is 0.0396. The maximum absolute atomic E-state index is 11.9. The summed E-state index contributed by atoms with van der Waals surface area (Å²) >= 11 is 0. The zero-order valence-corrected chi connectivity index (χ0v) is 36.1. The fourth-order valence-electron chi connectivity index (χ4n) is 3.93. The molecule has 0 saturated heterocycles. The van der Waals surface area contributed by atoms with Crippen molar-refractivity contribution in [3.63, 3.8) is 0 Å². The number of aliphatic hydroxyl groups is 4. The molecule has 0 aliphatic rings. The number of pyridine rings is 1. The van der Waals surface area contributed by atoms with Gasteiger partial charge in [-0.1, -0.05) is 78.9 Å². The van der Waals surface area contributed by atoms with E-state index in [-0.39, 0.29) is 95.9 Å². The van der Waals surface area contributed by atoms with Crippen molar-refractivity contribution in [2.45, 2.75) is 24.7 Å². The number of aromatic nitrogens is 1. The monoisotopic (exact) mass is 1100 g/mol. The van der Waals surface area contributed by atoms with Crippen LogP contribution in [0.1, 0.15) is 22.3 Å². The number of nitrogens with zero attached hydrogens (tertiary/aromatic N) is 1. The van der Waals surface area contributed by atoms with E-state index >= 15 is 0 Å². The molecule has 0 fully saturated rings. The molecule has 0 aliphatic heterocycles. The molecule has 0 unspecified atom stereocenters. The number of halogens is 12. The number of alkyl halides is 12. The topological polar surface area (TPSA) is 179 Å². The first-order chi connectivity index (χ1) is 30.6. The van der Waals surface area contributed by atoms with E-state index < -0.39 is 70.9 Å².